The van der Waals surface area contributed by atoms with Crippen LogP contribution in [-0.2, 0) is 13.1 Å². The quantitative estimate of drug-likeness (QED) is 0.345. The Hall–Kier alpha value is -4.00. The monoisotopic (exact) mass is 445 g/mol. The molecule has 0 radical (unpaired) electrons. The molecule has 0 spiro atoms. The van der Waals surface area contributed by atoms with Gasteiger partial charge in [-0.15, -0.1) is 0 Å². The Kier molecular flexibility index (Phi) is 7.09. The van der Waals surface area contributed by atoms with Crippen LogP contribution >= 0.6 is 0 Å². The molecule has 0 saturated heterocycles. The number of rotatable bonds is 10. The second kappa shape index (κ2) is 10.5. The van der Waals surface area contributed by atoms with Crippen molar-refractivity contribution in [1.29, 1.82) is 0 Å². The summed E-state index contributed by atoms with van der Waals surface area (Å²) < 4.78 is 18.8. The predicted molar refractivity (Wildman–Crippen MR) is 127 cm³/mol. The molecule has 0 atom stereocenters. The van der Waals surface area contributed by atoms with Crippen LogP contribution < -0.4 is 14.8 Å². The van der Waals surface area contributed by atoms with Crippen LogP contribution in [0.1, 0.15) is 35.3 Å². The van der Waals surface area contributed by atoms with Crippen molar-refractivity contribution in [3.05, 3.63) is 84.1 Å². The number of hydrogen-bond acceptors (Lipinski definition) is 5. The van der Waals surface area contributed by atoms with E-state index in [1.807, 2.05) is 61.5 Å². The Balaban J connectivity index is 1.42. The molecule has 0 bridgehead atoms. The van der Waals surface area contributed by atoms with Gasteiger partial charge >= 0.3 is 0 Å². The third kappa shape index (κ3) is 5.26. The third-order valence-corrected chi connectivity index (χ3v) is 5.22. The maximum Gasteiger partial charge on any atom is 0.287 e. The number of imidazole rings is 1. The summed E-state index contributed by atoms with van der Waals surface area (Å²) in [6, 6.07) is 17.1. The van der Waals surface area contributed by atoms with Crippen molar-refractivity contribution < 1.29 is 18.7 Å². The largest absolute Gasteiger partial charge is 0.493 e. The minimum absolute atomic E-state index is 0.268. The molecule has 2 aromatic heterocycles. The first-order valence-electron chi connectivity index (χ1n) is 10.9. The summed E-state index contributed by atoms with van der Waals surface area (Å²) >= 11 is 0. The van der Waals surface area contributed by atoms with E-state index in [1.54, 1.807) is 19.2 Å². The van der Waals surface area contributed by atoms with Crippen LogP contribution in [-0.4, -0.2) is 29.2 Å². The number of carbonyl (C=O) groups is 1. The first kappa shape index (κ1) is 22.2. The second-order valence-electron chi connectivity index (χ2n) is 7.44. The molecule has 4 rings (SSSR count). The fraction of sp³-hybridized carbons (Fsp3) is 0.231. The molecule has 0 fully saturated rings. The van der Waals surface area contributed by atoms with Gasteiger partial charge in [-0.25, -0.2) is 4.98 Å². The number of allylic oxidation sites excluding steroid dienone is 1. The average molecular weight is 446 g/mol. The van der Waals surface area contributed by atoms with Crippen molar-refractivity contribution in [2.24, 2.45) is 0 Å². The molecule has 170 valence electrons. The Labute approximate surface area is 192 Å². The molecule has 2 aromatic carbocycles. The summed E-state index contributed by atoms with van der Waals surface area (Å²) in [6.45, 7) is 3.50. The lowest BCUT2D eigenvalue weighted by Gasteiger charge is -2.13. The Bertz CT molecular complexity index is 1240. The summed E-state index contributed by atoms with van der Waals surface area (Å²) in [5.41, 5.74) is 2.97. The van der Waals surface area contributed by atoms with Crippen LogP contribution in [0.5, 0.6) is 11.5 Å². The number of ether oxygens (including phenoxy) is 2. The van der Waals surface area contributed by atoms with E-state index in [0.29, 0.717) is 31.2 Å². The zero-order chi connectivity index (χ0) is 23.0. The molecule has 7 nitrogen and oxygen atoms in total. The Morgan fingerprint density at radius 1 is 1.15 bits per heavy atom. The number of methoxy groups -OCH3 is 1. The first-order chi connectivity index (χ1) is 16.2. The number of nitrogens with zero attached hydrogens (tertiary/aromatic N) is 2. The summed E-state index contributed by atoms with van der Waals surface area (Å²) in [5.74, 6) is 2.22. The number of benzene rings is 2. The van der Waals surface area contributed by atoms with Crippen molar-refractivity contribution in [2.75, 3.05) is 13.7 Å². The van der Waals surface area contributed by atoms with Gasteiger partial charge in [-0.1, -0.05) is 30.4 Å². The lowest BCUT2D eigenvalue weighted by atomic mass is 10.2. The fourth-order valence-corrected chi connectivity index (χ4v) is 3.67. The third-order valence-electron chi connectivity index (χ3n) is 5.22. The average Bonchev–Trinajstić information content (AvgIpc) is 3.49. The van der Waals surface area contributed by atoms with E-state index in [2.05, 4.69) is 9.88 Å². The summed E-state index contributed by atoms with van der Waals surface area (Å²) in [7, 11) is 1.64. The van der Waals surface area contributed by atoms with Gasteiger partial charge in [0.15, 0.2) is 17.3 Å². The number of fused-ring (bicyclic) bond motifs is 1. The van der Waals surface area contributed by atoms with Gasteiger partial charge in [-0.2, -0.15) is 0 Å². The number of furan rings is 1. The molecule has 2 heterocycles. The maximum absolute atomic E-state index is 12.3. The van der Waals surface area contributed by atoms with Gasteiger partial charge in [-0.05, 0) is 55.3 Å². The molecule has 0 aliphatic carbocycles. The molecule has 4 aromatic rings. The summed E-state index contributed by atoms with van der Waals surface area (Å²) in [6.07, 6.45) is 6.24. The molecule has 0 saturated carbocycles. The van der Waals surface area contributed by atoms with E-state index in [9.17, 15) is 4.79 Å². The minimum Gasteiger partial charge on any atom is -0.493 e. The van der Waals surface area contributed by atoms with Gasteiger partial charge in [0.2, 0.25) is 0 Å². The highest BCUT2D eigenvalue weighted by atomic mass is 16.5. The molecular formula is C26H27N3O4. The topological polar surface area (TPSA) is 78.5 Å². The van der Waals surface area contributed by atoms with Gasteiger partial charge in [0.05, 0.1) is 37.6 Å². The molecule has 7 heteroatoms. The van der Waals surface area contributed by atoms with Crippen LogP contribution in [0.15, 0.2) is 71.4 Å². The smallest absolute Gasteiger partial charge is 0.287 e. The van der Waals surface area contributed by atoms with Crippen LogP contribution in [0, 0.1) is 0 Å². The molecule has 1 amide bonds. The lowest BCUT2D eigenvalue weighted by Crippen LogP contribution is -2.24. The van der Waals surface area contributed by atoms with Crippen molar-refractivity contribution in [3.8, 4) is 11.5 Å². The Morgan fingerprint density at radius 3 is 2.82 bits per heavy atom. The van der Waals surface area contributed by atoms with E-state index in [-0.39, 0.29) is 11.7 Å². The highest BCUT2D eigenvalue weighted by Crippen LogP contribution is 2.29. The molecule has 0 unspecified atom stereocenters. The first-order valence-corrected chi connectivity index (χ1v) is 10.9. The van der Waals surface area contributed by atoms with Crippen molar-refractivity contribution in [1.82, 2.24) is 14.9 Å². The number of para-hydroxylation sites is 2. The standard InChI is InChI=1S/C26H27N3O4/c1-3-8-19-12-13-22(24(17-19)31-2)32-16-7-14-29-21-10-5-4-9-20(21)28-25(29)18-27-26(30)23-11-6-15-33-23/h3-6,8-13,15,17H,7,14,16,18H2,1-2H3,(H,27,30)/b8-3+. The molecule has 0 aliphatic rings. The molecule has 33 heavy (non-hydrogen) atoms. The van der Waals surface area contributed by atoms with Crippen molar-refractivity contribution in [3.63, 3.8) is 0 Å². The maximum atomic E-state index is 12.3. The second-order valence-corrected chi connectivity index (χ2v) is 7.44. The molecule has 0 aliphatic heterocycles. The van der Waals surface area contributed by atoms with E-state index in [4.69, 9.17) is 18.9 Å². The van der Waals surface area contributed by atoms with E-state index in [0.717, 1.165) is 28.8 Å². The predicted octanol–water partition coefficient (Wildman–Crippen LogP) is 5.07. The zero-order valence-electron chi connectivity index (χ0n) is 18.8. The SMILES string of the molecule is C/C=C/c1ccc(OCCCn2c(CNC(=O)c3ccco3)nc3ccccc32)c(OC)c1. The van der Waals surface area contributed by atoms with E-state index >= 15 is 0 Å². The number of aromatic nitrogens is 2. The molecular weight excluding hydrogens is 418 g/mol. The highest BCUT2D eigenvalue weighted by Gasteiger charge is 2.14. The van der Waals surface area contributed by atoms with Gasteiger partial charge < -0.3 is 23.8 Å². The number of hydrogen-bond donors (Lipinski definition) is 1. The number of aryl methyl sites for hydroxylation is 1. The normalized spacial score (nSPS) is 11.2. The number of amides is 1. The van der Waals surface area contributed by atoms with Gasteiger partial charge in [0.25, 0.3) is 5.91 Å². The zero-order valence-corrected chi connectivity index (χ0v) is 18.8. The van der Waals surface area contributed by atoms with Crippen LogP contribution in [0.3, 0.4) is 0 Å². The minimum atomic E-state index is -0.268. The van der Waals surface area contributed by atoms with Crippen LogP contribution in [0.2, 0.25) is 0 Å². The molecule has 1 N–H and O–H groups in total. The van der Waals surface area contributed by atoms with Gasteiger partial charge in [-0.3, -0.25) is 4.79 Å². The fourth-order valence-electron chi connectivity index (χ4n) is 3.67. The lowest BCUT2D eigenvalue weighted by molar-refractivity contribution is 0.0921. The summed E-state index contributed by atoms with van der Waals surface area (Å²) in [4.78, 5) is 17.0. The van der Waals surface area contributed by atoms with E-state index in [1.165, 1.54) is 6.26 Å². The van der Waals surface area contributed by atoms with Crippen LogP contribution in [0.25, 0.3) is 17.1 Å². The van der Waals surface area contributed by atoms with Gasteiger partial charge in [0.1, 0.15) is 5.82 Å². The summed E-state index contributed by atoms with van der Waals surface area (Å²) in [5, 5.41) is 2.88. The van der Waals surface area contributed by atoms with E-state index < -0.39 is 0 Å². The van der Waals surface area contributed by atoms with Crippen LogP contribution in [0.4, 0.5) is 0 Å². The van der Waals surface area contributed by atoms with Crippen molar-refractivity contribution in [2.45, 2.75) is 26.4 Å². The van der Waals surface area contributed by atoms with Crippen molar-refractivity contribution >= 4 is 23.0 Å². The highest BCUT2D eigenvalue weighted by molar-refractivity contribution is 5.91. The number of nitrogens with one attached hydrogen (secondary N) is 1. The Morgan fingerprint density at radius 2 is 2.03 bits per heavy atom. The number of carbonyl (C=O) groups excluding carboxylic acids is 1. The van der Waals surface area contributed by atoms with Gasteiger partial charge in [0, 0.05) is 6.54 Å².